The SMILES string of the molecule is CCOC(=O)C(C(=O)C(C)(C)C)C(C(=O)c1ccccc1)c1ccc(F)cc1. The van der Waals surface area contributed by atoms with Crippen molar-refractivity contribution in [3.63, 3.8) is 0 Å². The molecule has 4 nitrogen and oxygen atoms in total. The molecule has 0 fully saturated rings. The molecular weight excluding hydrogens is 359 g/mol. The van der Waals surface area contributed by atoms with Crippen LogP contribution in [0.1, 0.15) is 49.5 Å². The molecule has 2 aromatic carbocycles. The fourth-order valence-electron chi connectivity index (χ4n) is 3.04. The van der Waals surface area contributed by atoms with Crippen molar-refractivity contribution in [1.29, 1.82) is 0 Å². The van der Waals surface area contributed by atoms with Crippen LogP contribution in [-0.4, -0.2) is 24.1 Å². The maximum Gasteiger partial charge on any atom is 0.317 e. The molecule has 2 unspecified atom stereocenters. The summed E-state index contributed by atoms with van der Waals surface area (Å²) in [6, 6.07) is 13.7. The van der Waals surface area contributed by atoms with Gasteiger partial charge in [-0.3, -0.25) is 14.4 Å². The molecule has 0 N–H and O–H groups in total. The second-order valence-electron chi connectivity index (χ2n) is 7.60. The lowest BCUT2D eigenvalue weighted by Crippen LogP contribution is -2.41. The molecule has 0 radical (unpaired) electrons. The first-order chi connectivity index (χ1) is 13.2. The summed E-state index contributed by atoms with van der Waals surface area (Å²) in [6.07, 6.45) is 0. The van der Waals surface area contributed by atoms with Crippen molar-refractivity contribution < 1.29 is 23.5 Å². The van der Waals surface area contributed by atoms with Crippen LogP contribution in [0.5, 0.6) is 0 Å². The molecule has 2 aromatic rings. The zero-order valence-corrected chi connectivity index (χ0v) is 16.6. The van der Waals surface area contributed by atoms with Gasteiger partial charge >= 0.3 is 5.97 Å². The van der Waals surface area contributed by atoms with Gasteiger partial charge in [0, 0.05) is 11.0 Å². The first kappa shape index (κ1) is 21.5. The smallest absolute Gasteiger partial charge is 0.317 e. The minimum atomic E-state index is -1.32. The van der Waals surface area contributed by atoms with E-state index in [1.54, 1.807) is 58.0 Å². The van der Waals surface area contributed by atoms with E-state index in [1.165, 1.54) is 24.3 Å². The highest BCUT2D eigenvalue weighted by atomic mass is 19.1. The summed E-state index contributed by atoms with van der Waals surface area (Å²) in [4.78, 5) is 39.3. The Kier molecular flexibility index (Phi) is 6.84. The van der Waals surface area contributed by atoms with Gasteiger partial charge in [0.15, 0.2) is 11.6 Å². The number of ether oxygens (including phenoxy) is 1. The molecule has 0 amide bonds. The highest BCUT2D eigenvalue weighted by Crippen LogP contribution is 2.35. The molecule has 28 heavy (non-hydrogen) atoms. The number of carbonyl (C=O) groups excluding carboxylic acids is 3. The van der Waals surface area contributed by atoms with Crippen molar-refractivity contribution in [3.05, 3.63) is 71.5 Å². The fraction of sp³-hybridized carbons (Fsp3) is 0.348. The second-order valence-corrected chi connectivity index (χ2v) is 7.60. The van der Waals surface area contributed by atoms with Gasteiger partial charge in [0.05, 0.1) is 12.5 Å². The Balaban J connectivity index is 2.64. The van der Waals surface area contributed by atoms with E-state index in [1.807, 2.05) is 0 Å². The third-order valence-electron chi connectivity index (χ3n) is 4.47. The van der Waals surface area contributed by atoms with Gasteiger partial charge in [0.1, 0.15) is 11.7 Å². The van der Waals surface area contributed by atoms with Crippen LogP contribution in [0.4, 0.5) is 4.39 Å². The summed E-state index contributed by atoms with van der Waals surface area (Å²) in [5.74, 6) is -4.43. The van der Waals surface area contributed by atoms with E-state index in [9.17, 15) is 18.8 Å². The van der Waals surface area contributed by atoms with Gasteiger partial charge < -0.3 is 4.74 Å². The van der Waals surface area contributed by atoms with Crippen LogP contribution >= 0.6 is 0 Å². The Bertz CT molecular complexity index is 835. The molecule has 0 aliphatic heterocycles. The monoisotopic (exact) mass is 384 g/mol. The maximum atomic E-state index is 13.5. The van der Waals surface area contributed by atoms with E-state index in [4.69, 9.17) is 4.74 Å². The first-order valence-corrected chi connectivity index (χ1v) is 9.22. The molecule has 0 aliphatic rings. The van der Waals surface area contributed by atoms with E-state index in [-0.39, 0.29) is 12.4 Å². The molecule has 0 bridgehead atoms. The molecule has 0 spiro atoms. The number of halogens is 1. The van der Waals surface area contributed by atoms with Crippen molar-refractivity contribution in [3.8, 4) is 0 Å². The largest absolute Gasteiger partial charge is 0.465 e. The predicted octanol–water partition coefficient (Wildman–Crippen LogP) is 4.59. The topological polar surface area (TPSA) is 60.4 Å². The number of hydrogen-bond donors (Lipinski definition) is 0. The normalized spacial score (nSPS) is 13.5. The summed E-state index contributed by atoms with van der Waals surface area (Å²) in [7, 11) is 0. The lowest BCUT2D eigenvalue weighted by atomic mass is 9.72. The van der Waals surface area contributed by atoms with Crippen LogP contribution in [0.15, 0.2) is 54.6 Å². The lowest BCUT2D eigenvalue weighted by molar-refractivity contribution is -0.154. The van der Waals surface area contributed by atoms with E-state index in [2.05, 4.69) is 0 Å². The molecule has 0 saturated carbocycles. The standard InChI is InChI=1S/C23H25FO4/c1-5-28-22(27)19(21(26)23(2,3)4)18(15-11-13-17(24)14-12-15)20(25)16-9-7-6-8-10-16/h6-14,18-19H,5H2,1-4H3. The molecule has 0 aliphatic carbocycles. The summed E-state index contributed by atoms with van der Waals surface area (Å²) < 4.78 is 18.6. The third-order valence-corrected chi connectivity index (χ3v) is 4.47. The third kappa shape index (κ3) is 4.91. The van der Waals surface area contributed by atoms with Crippen molar-refractivity contribution in [2.45, 2.75) is 33.6 Å². The quantitative estimate of drug-likeness (QED) is 0.398. The van der Waals surface area contributed by atoms with Crippen molar-refractivity contribution >= 4 is 17.5 Å². The zero-order chi connectivity index (χ0) is 20.9. The Morgan fingerprint density at radius 1 is 0.964 bits per heavy atom. The van der Waals surface area contributed by atoms with Gasteiger partial charge in [-0.25, -0.2) is 4.39 Å². The van der Waals surface area contributed by atoms with Crippen LogP contribution in [-0.2, 0) is 14.3 Å². The van der Waals surface area contributed by atoms with E-state index in [0.29, 0.717) is 11.1 Å². The fourth-order valence-corrected chi connectivity index (χ4v) is 3.04. The van der Waals surface area contributed by atoms with Gasteiger partial charge in [0.25, 0.3) is 0 Å². The van der Waals surface area contributed by atoms with Gasteiger partial charge in [0.2, 0.25) is 0 Å². The van der Waals surface area contributed by atoms with E-state index >= 15 is 0 Å². The van der Waals surface area contributed by atoms with Gasteiger partial charge in [-0.15, -0.1) is 0 Å². The van der Waals surface area contributed by atoms with Gasteiger partial charge in [-0.2, -0.15) is 0 Å². The molecule has 148 valence electrons. The molecule has 0 saturated heterocycles. The summed E-state index contributed by atoms with van der Waals surface area (Å²) in [5, 5.41) is 0. The number of rotatable bonds is 7. The Morgan fingerprint density at radius 3 is 2.04 bits per heavy atom. The molecule has 0 aromatic heterocycles. The molecule has 5 heteroatoms. The second kappa shape index (κ2) is 8.91. The minimum absolute atomic E-state index is 0.0857. The number of esters is 1. The van der Waals surface area contributed by atoms with Gasteiger partial charge in [-0.05, 0) is 24.6 Å². The summed E-state index contributed by atoms with van der Waals surface area (Å²) in [6.45, 7) is 6.80. The van der Waals surface area contributed by atoms with Crippen molar-refractivity contribution in [2.24, 2.45) is 11.3 Å². The highest BCUT2D eigenvalue weighted by Gasteiger charge is 2.45. The van der Waals surface area contributed by atoms with E-state index < -0.39 is 34.8 Å². The molecule has 2 atom stereocenters. The predicted molar refractivity (Wildman–Crippen MR) is 104 cm³/mol. The zero-order valence-electron chi connectivity index (χ0n) is 16.6. The Hall–Kier alpha value is -2.82. The van der Waals surface area contributed by atoms with Crippen LogP contribution in [0.3, 0.4) is 0 Å². The number of carbonyl (C=O) groups is 3. The van der Waals surface area contributed by atoms with Crippen LogP contribution in [0.2, 0.25) is 0 Å². The summed E-state index contributed by atoms with van der Waals surface area (Å²) in [5.41, 5.74) is -0.106. The van der Waals surface area contributed by atoms with Crippen molar-refractivity contribution in [2.75, 3.05) is 6.61 Å². The minimum Gasteiger partial charge on any atom is -0.465 e. The molecular formula is C23H25FO4. The molecule has 0 heterocycles. The van der Waals surface area contributed by atoms with Crippen molar-refractivity contribution in [1.82, 2.24) is 0 Å². The average Bonchev–Trinajstić information content (AvgIpc) is 2.66. The number of ketones is 2. The Labute approximate surface area is 164 Å². The summed E-state index contributed by atoms with van der Waals surface area (Å²) >= 11 is 0. The maximum absolute atomic E-state index is 13.5. The number of Topliss-reactive ketones (excluding diaryl/α,β-unsaturated/α-hetero) is 2. The average molecular weight is 384 g/mol. The lowest BCUT2D eigenvalue weighted by Gasteiger charge is -2.29. The van der Waals surface area contributed by atoms with Crippen LogP contribution in [0, 0.1) is 17.2 Å². The highest BCUT2D eigenvalue weighted by molar-refractivity contribution is 6.11. The Morgan fingerprint density at radius 2 is 1.54 bits per heavy atom. The van der Waals surface area contributed by atoms with Gasteiger partial charge in [-0.1, -0.05) is 63.2 Å². The molecule has 2 rings (SSSR count). The first-order valence-electron chi connectivity index (χ1n) is 9.22. The van der Waals surface area contributed by atoms with Crippen LogP contribution < -0.4 is 0 Å². The number of hydrogen-bond acceptors (Lipinski definition) is 4. The van der Waals surface area contributed by atoms with E-state index in [0.717, 1.165) is 0 Å². The van der Waals surface area contributed by atoms with Crippen LogP contribution in [0.25, 0.3) is 0 Å². The number of benzene rings is 2.